The van der Waals surface area contributed by atoms with E-state index in [1.165, 1.54) is 11.3 Å². The van der Waals surface area contributed by atoms with E-state index in [1.807, 2.05) is 5.38 Å². The van der Waals surface area contributed by atoms with Crippen molar-refractivity contribution in [2.75, 3.05) is 18.4 Å². The van der Waals surface area contributed by atoms with Crippen LogP contribution in [0, 0.1) is 0 Å². The fourth-order valence-electron chi connectivity index (χ4n) is 2.08. The number of thiazole rings is 1. The Bertz CT molecular complexity index is 545. The van der Waals surface area contributed by atoms with Crippen LogP contribution in [0.2, 0.25) is 0 Å². The SMILES string of the molecule is O=C(Nc1nccs1)c1cn(C2CCNCC2)nn1. The molecule has 0 aromatic carbocycles. The topological polar surface area (TPSA) is 84.7 Å². The van der Waals surface area contributed by atoms with E-state index in [9.17, 15) is 4.79 Å². The van der Waals surface area contributed by atoms with Crippen molar-refractivity contribution in [1.82, 2.24) is 25.3 Å². The molecule has 0 saturated carbocycles. The molecule has 1 fully saturated rings. The highest BCUT2D eigenvalue weighted by atomic mass is 32.1. The molecule has 1 aliphatic heterocycles. The number of carbonyl (C=O) groups is 1. The first-order valence-corrected chi connectivity index (χ1v) is 7.04. The molecule has 8 heteroatoms. The number of nitrogens with one attached hydrogen (secondary N) is 2. The van der Waals surface area contributed by atoms with E-state index in [2.05, 4.69) is 25.9 Å². The van der Waals surface area contributed by atoms with Gasteiger partial charge in [0.05, 0.1) is 12.2 Å². The standard InChI is InChI=1S/C11H14N6OS/c18-10(14-11-13-5-6-19-11)9-7-17(16-15-9)8-1-3-12-4-2-8/h5-8,12H,1-4H2,(H,13,14,18). The van der Waals surface area contributed by atoms with E-state index in [0.29, 0.717) is 16.9 Å². The van der Waals surface area contributed by atoms with Gasteiger partial charge < -0.3 is 5.32 Å². The lowest BCUT2D eigenvalue weighted by Gasteiger charge is -2.21. The van der Waals surface area contributed by atoms with Crippen molar-refractivity contribution in [2.45, 2.75) is 18.9 Å². The van der Waals surface area contributed by atoms with Crippen molar-refractivity contribution in [3.05, 3.63) is 23.5 Å². The van der Waals surface area contributed by atoms with Gasteiger partial charge >= 0.3 is 0 Å². The number of amides is 1. The summed E-state index contributed by atoms with van der Waals surface area (Å²) < 4.78 is 1.79. The van der Waals surface area contributed by atoms with Crippen molar-refractivity contribution < 1.29 is 4.79 Å². The number of hydrogen-bond acceptors (Lipinski definition) is 6. The first-order valence-electron chi connectivity index (χ1n) is 6.16. The smallest absolute Gasteiger partial charge is 0.279 e. The van der Waals surface area contributed by atoms with Gasteiger partial charge in [-0.2, -0.15) is 0 Å². The maximum atomic E-state index is 11.9. The molecule has 3 rings (SSSR count). The van der Waals surface area contributed by atoms with Crippen LogP contribution in [0.1, 0.15) is 29.4 Å². The lowest BCUT2D eigenvalue weighted by atomic mass is 10.1. The minimum atomic E-state index is -0.268. The zero-order chi connectivity index (χ0) is 13.1. The fraction of sp³-hybridized carbons (Fsp3) is 0.455. The maximum Gasteiger partial charge on any atom is 0.279 e. The third kappa shape index (κ3) is 2.79. The van der Waals surface area contributed by atoms with Gasteiger partial charge in [-0.1, -0.05) is 5.21 Å². The molecule has 3 heterocycles. The van der Waals surface area contributed by atoms with E-state index in [1.54, 1.807) is 17.1 Å². The first-order chi connectivity index (χ1) is 9.33. The monoisotopic (exact) mass is 278 g/mol. The summed E-state index contributed by atoms with van der Waals surface area (Å²) in [7, 11) is 0. The van der Waals surface area contributed by atoms with E-state index in [4.69, 9.17) is 0 Å². The van der Waals surface area contributed by atoms with Crippen LogP contribution >= 0.6 is 11.3 Å². The van der Waals surface area contributed by atoms with E-state index < -0.39 is 0 Å². The van der Waals surface area contributed by atoms with Gasteiger partial charge in [0.25, 0.3) is 5.91 Å². The molecule has 2 aromatic rings. The summed E-state index contributed by atoms with van der Waals surface area (Å²) in [5, 5.41) is 16.3. The molecule has 0 bridgehead atoms. The quantitative estimate of drug-likeness (QED) is 0.871. The Hall–Kier alpha value is -1.80. The Labute approximate surface area is 114 Å². The van der Waals surface area contributed by atoms with Gasteiger partial charge in [-0.05, 0) is 25.9 Å². The summed E-state index contributed by atoms with van der Waals surface area (Å²) in [6.07, 6.45) is 5.37. The molecule has 0 aliphatic carbocycles. The Balaban J connectivity index is 1.68. The lowest BCUT2D eigenvalue weighted by Crippen LogP contribution is -2.29. The summed E-state index contributed by atoms with van der Waals surface area (Å²) >= 11 is 1.37. The zero-order valence-electron chi connectivity index (χ0n) is 10.2. The van der Waals surface area contributed by atoms with Gasteiger partial charge in [-0.15, -0.1) is 16.4 Å². The summed E-state index contributed by atoms with van der Waals surface area (Å²) in [5.41, 5.74) is 0.328. The largest absolute Gasteiger partial charge is 0.317 e. The van der Waals surface area contributed by atoms with Crippen molar-refractivity contribution in [3.8, 4) is 0 Å². The van der Waals surface area contributed by atoms with Crippen LogP contribution in [0.3, 0.4) is 0 Å². The molecule has 100 valence electrons. The Morgan fingerprint density at radius 2 is 2.32 bits per heavy atom. The third-order valence-electron chi connectivity index (χ3n) is 3.08. The van der Waals surface area contributed by atoms with Crippen LogP contribution in [-0.4, -0.2) is 39.0 Å². The average Bonchev–Trinajstić information content (AvgIpc) is 3.10. The van der Waals surface area contributed by atoms with Gasteiger partial charge in [0.1, 0.15) is 0 Å². The van der Waals surface area contributed by atoms with Crippen LogP contribution < -0.4 is 10.6 Å². The number of piperidine rings is 1. The molecular weight excluding hydrogens is 264 g/mol. The number of anilines is 1. The van der Waals surface area contributed by atoms with Crippen molar-refractivity contribution in [1.29, 1.82) is 0 Å². The van der Waals surface area contributed by atoms with Crippen LogP contribution in [0.15, 0.2) is 17.8 Å². The number of rotatable bonds is 3. The Morgan fingerprint density at radius 1 is 1.47 bits per heavy atom. The molecule has 2 N–H and O–H groups in total. The van der Waals surface area contributed by atoms with Crippen LogP contribution in [-0.2, 0) is 0 Å². The van der Waals surface area contributed by atoms with Crippen molar-refractivity contribution in [2.24, 2.45) is 0 Å². The second kappa shape index (κ2) is 5.45. The number of aromatic nitrogens is 4. The Morgan fingerprint density at radius 3 is 3.05 bits per heavy atom. The summed E-state index contributed by atoms with van der Waals surface area (Å²) in [4.78, 5) is 15.9. The van der Waals surface area contributed by atoms with Gasteiger partial charge in [0, 0.05) is 11.6 Å². The third-order valence-corrected chi connectivity index (χ3v) is 3.77. The van der Waals surface area contributed by atoms with Gasteiger partial charge in [-0.25, -0.2) is 9.67 Å². The number of carbonyl (C=O) groups excluding carboxylic acids is 1. The summed E-state index contributed by atoms with van der Waals surface area (Å²) in [5.74, 6) is -0.268. The molecule has 7 nitrogen and oxygen atoms in total. The second-order valence-electron chi connectivity index (χ2n) is 4.36. The van der Waals surface area contributed by atoms with Gasteiger partial charge in [-0.3, -0.25) is 10.1 Å². The molecule has 2 aromatic heterocycles. The number of hydrogen-bond donors (Lipinski definition) is 2. The van der Waals surface area contributed by atoms with Gasteiger partial charge in [0.15, 0.2) is 10.8 Å². The molecule has 0 spiro atoms. The van der Waals surface area contributed by atoms with Crippen molar-refractivity contribution >= 4 is 22.4 Å². The predicted molar refractivity (Wildman–Crippen MR) is 71.2 cm³/mol. The zero-order valence-corrected chi connectivity index (χ0v) is 11.1. The van der Waals surface area contributed by atoms with Crippen molar-refractivity contribution in [3.63, 3.8) is 0 Å². The number of nitrogens with zero attached hydrogens (tertiary/aromatic N) is 4. The normalized spacial score (nSPS) is 16.4. The average molecular weight is 278 g/mol. The highest BCUT2D eigenvalue weighted by molar-refractivity contribution is 7.13. The minimum Gasteiger partial charge on any atom is -0.317 e. The highest BCUT2D eigenvalue weighted by Crippen LogP contribution is 2.17. The highest BCUT2D eigenvalue weighted by Gasteiger charge is 2.19. The Kier molecular flexibility index (Phi) is 3.51. The molecule has 19 heavy (non-hydrogen) atoms. The fourth-order valence-corrected chi connectivity index (χ4v) is 2.60. The van der Waals surface area contributed by atoms with Gasteiger partial charge in [0.2, 0.25) is 0 Å². The molecule has 1 aliphatic rings. The molecular formula is C11H14N6OS. The van der Waals surface area contributed by atoms with Crippen LogP contribution in [0.4, 0.5) is 5.13 Å². The first kappa shape index (κ1) is 12.2. The van der Waals surface area contributed by atoms with E-state index >= 15 is 0 Å². The van der Waals surface area contributed by atoms with Crippen LogP contribution in [0.25, 0.3) is 0 Å². The van der Waals surface area contributed by atoms with E-state index in [0.717, 1.165) is 25.9 Å². The summed E-state index contributed by atoms with van der Waals surface area (Å²) in [6, 6.07) is 0.329. The maximum absolute atomic E-state index is 11.9. The second-order valence-corrected chi connectivity index (χ2v) is 5.25. The molecule has 0 unspecified atom stereocenters. The molecule has 0 radical (unpaired) electrons. The van der Waals surface area contributed by atoms with E-state index in [-0.39, 0.29) is 5.91 Å². The molecule has 1 saturated heterocycles. The molecule has 0 atom stereocenters. The molecule has 1 amide bonds. The predicted octanol–water partition coefficient (Wildman–Crippen LogP) is 0.911. The lowest BCUT2D eigenvalue weighted by molar-refractivity contribution is 0.102. The minimum absolute atomic E-state index is 0.268. The summed E-state index contributed by atoms with van der Waals surface area (Å²) in [6.45, 7) is 1.95. The van der Waals surface area contributed by atoms with Crippen LogP contribution in [0.5, 0.6) is 0 Å².